The first kappa shape index (κ1) is 13.2. The number of nitrogens with one attached hydrogen (secondary N) is 1. The summed E-state index contributed by atoms with van der Waals surface area (Å²) in [6.45, 7) is 2.42. The Hall–Kier alpha value is -2.82. The van der Waals surface area contributed by atoms with Gasteiger partial charge in [-0.25, -0.2) is 4.98 Å². The lowest BCUT2D eigenvalue weighted by molar-refractivity contribution is 0.341. The summed E-state index contributed by atoms with van der Waals surface area (Å²) in [6, 6.07) is 12.5. The number of anilines is 1. The van der Waals surface area contributed by atoms with Crippen molar-refractivity contribution in [2.75, 3.05) is 12.3 Å². The second-order valence-corrected chi connectivity index (χ2v) is 4.62. The Bertz CT molecular complexity index is 856. The molecule has 3 N–H and O–H groups in total. The smallest absolute Gasteiger partial charge is 0.259 e. The Balaban J connectivity index is 2.25. The third-order valence-electron chi connectivity index (χ3n) is 3.17. The second-order valence-electron chi connectivity index (χ2n) is 4.62. The van der Waals surface area contributed by atoms with Gasteiger partial charge in [0.2, 0.25) is 0 Å². The van der Waals surface area contributed by atoms with Crippen LogP contribution in [0.1, 0.15) is 6.92 Å². The van der Waals surface area contributed by atoms with Gasteiger partial charge in [0.1, 0.15) is 11.6 Å². The number of nitrogens with zero attached hydrogens (tertiary/aromatic N) is 1. The molecule has 0 fully saturated rings. The summed E-state index contributed by atoms with van der Waals surface area (Å²) < 4.78 is 5.58. The van der Waals surface area contributed by atoms with Gasteiger partial charge in [0.25, 0.3) is 5.56 Å². The summed E-state index contributed by atoms with van der Waals surface area (Å²) in [7, 11) is 0. The maximum atomic E-state index is 12.2. The third-order valence-corrected chi connectivity index (χ3v) is 3.17. The maximum Gasteiger partial charge on any atom is 0.259 e. The molecule has 21 heavy (non-hydrogen) atoms. The molecule has 3 rings (SSSR count). The van der Waals surface area contributed by atoms with Gasteiger partial charge in [-0.1, -0.05) is 12.1 Å². The van der Waals surface area contributed by atoms with Crippen LogP contribution in [-0.4, -0.2) is 16.6 Å². The number of aromatic nitrogens is 2. The van der Waals surface area contributed by atoms with Crippen LogP contribution in [-0.2, 0) is 0 Å². The standard InChI is InChI=1S/C16H15N3O2/c1-2-21-14-8-7-10(17)9-12(14)15-18-13-6-4-3-5-11(13)16(20)19-15/h3-9H,2,17H2,1H3,(H,18,19,20). The van der Waals surface area contributed by atoms with E-state index >= 15 is 0 Å². The van der Waals surface area contributed by atoms with Crippen LogP contribution in [0.3, 0.4) is 0 Å². The van der Waals surface area contributed by atoms with Crippen molar-refractivity contribution in [1.82, 2.24) is 9.97 Å². The summed E-state index contributed by atoms with van der Waals surface area (Å²) in [5.74, 6) is 1.10. The van der Waals surface area contributed by atoms with E-state index in [4.69, 9.17) is 10.5 Å². The molecule has 0 aliphatic rings. The Morgan fingerprint density at radius 2 is 2.05 bits per heavy atom. The number of fused-ring (bicyclic) bond motifs is 1. The number of rotatable bonds is 3. The average molecular weight is 281 g/mol. The molecule has 5 heteroatoms. The molecule has 0 unspecified atom stereocenters. The predicted octanol–water partition coefficient (Wildman–Crippen LogP) is 2.57. The molecule has 0 saturated heterocycles. The maximum absolute atomic E-state index is 12.2. The van der Waals surface area contributed by atoms with E-state index in [1.165, 1.54) is 0 Å². The normalized spacial score (nSPS) is 10.7. The van der Waals surface area contributed by atoms with E-state index < -0.39 is 0 Å². The van der Waals surface area contributed by atoms with E-state index in [-0.39, 0.29) is 5.56 Å². The van der Waals surface area contributed by atoms with Crippen LogP contribution in [0, 0.1) is 0 Å². The molecule has 0 spiro atoms. The van der Waals surface area contributed by atoms with Gasteiger partial charge in [-0.2, -0.15) is 0 Å². The van der Waals surface area contributed by atoms with Crippen molar-refractivity contribution in [1.29, 1.82) is 0 Å². The molecule has 0 aliphatic carbocycles. The Labute approximate surface area is 121 Å². The van der Waals surface area contributed by atoms with Crippen LogP contribution in [0.4, 0.5) is 5.69 Å². The van der Waals surface area contributed by atoms with Crippen molar-refractivity contribution in [3.63, 3.8) is 0 Å². The predicted molar refractivity (Wildman–Crippen MR) is 83.4 cm³/mol. The summed E-state index contributed by atoms with van der Waals surface area (Å²) >= 11 is 0. The molecular formula is C16H15N3O2. The van der Waals surface area contributed by atoms with Gasteiger partial charge in [-0.05, 0) is 37.3 Å². The van der Waals surface area contributed by atoms with E-state index in [1.807, 2.05) is 19.1 Å². The molecule has 5 nitrogen and oxygen atoms in total. The van der Waals surface area contributed by atoms with Crippen molar-refractivity contribution >= 4 is 16.6 Å². The number of benzene rings is 2. The highest BCUT2D eigenvalue weighted by Crippen LogP contribution is 2.29. The van der Waals surface area contributed by atoms with Crippen LogP contribution in [0.15, 0.2) is 47.3 Å². The van der Waals surface area contributed by atoms with Gasteiger partial charge < -0.3 is 15.5 Å². The largest absolute Gasteiger partial charge is 0.493 e. The quantitative estimate of drug-likeness (QED) is 0.723. The first-order valence-corrected chi connectivity index (χ1v) is 6.71. The van der Waals surface area contributed by atoms with Crippen molar-refractivity contribution in [3.05, 3.63) is 52.8 Å². The van der Waals surface area contributed by atoms with Gasteiger partial charge in [0.05, 0.1) is 23.1 Å². The van der Waals surface area contributed by atoms with Crippen molar-refractivity contribution in [2.45, 2.75) is 6.92 Å². The number of hydrogen-bond acceptors (Lipinski definition) is 4. The topological polar surface area (TPSA) is 81.0 Å². The molecule has 2 aromatic carbocycles. The molecule has 0 aliphatic heterocycles. The van der Waals surface area contributed by atoms with Crippen LogP contribution in [0.5, 0.6) is 5.75 Å². The van der Waals surface area contributed by atoms with Crippen LogP contribution in [0.25, 0.3) is 22.3 Å². The van der Waals surface area contributed by atoms with Crippen LogP contribution >= 0.6 is 0 Å². The van der Waals surface area contributed by atoms with E-state index in [2.05, 4.69) is 9.97 Å². The highest BCUT2D eigenvalue weighted by atomic mass is 16.5. The summed E-state index contributed by atoms with van der Waals surface area (Å²) in [5, 5.41) is 0.558. The highest BCUT2D eigenvalue weighted by Gasteiger charge is 2.11. The number of para-hydroxylation sites is 1. The van der Waals surface area contributed by atoms with E-state index in [1.54, 1.807) is 30.3 Å². The van der Waals surface area contributed by atoms with E-state index in [0.29, 0.717) is 40.3 Å². The molecule has 0 saturated carbocycles. The molecule has 0 bridgehead atoms. The zero-order valence-corrected chi connectivity index (χ0v) is 11.6. The van der Waals surface area contributed by atoms with E-state index in [0.717, 1.165) is 0 Å². The molecule has 1 heterocycles. The van der Waals surface area contributed by atoms with Crippen molar-refractivity contribution in [3.8, 4) is 17.1 Å². The first-order chi connectivity index (χ1) is 10.2. The number of H-pyrrole nitrogens is 1. The van der Waals surface area contributed by atoms with Gasteiger partial charge in [0.15, 0.2) is 0 Å². The summed E-state index contributed by atoms with van der Waals surface area (Å²) in [4.78, 5) is 19.4. The minimum atomic E-state index is -0.180. The van der Waals surface area contributed by atoms with Gasteiger partial charge in [-0.3, -0.25) is 4.79 Å². The molecular weight excluding hydrogens is 266 g/mol. The molecule has 3 aromatic rings. The van der Waals surface area contributed by atoms with E-state index in [9.17, 15) is 4.79 Å². The fraction of sp³-hybridized carbons (Fsp3) is 0.125. The lowest BCUT2D eigenvalue weighted by Gasteiger charge is -2.11. The Morgan fingerprint density at radius 3 is 2.86 bits per heavy atom. The minimum absolute atomic E-state index is 0.180. The molecule has 0 radical (unpaired) electrons. The molecule has 0 amide bonds. The number of aromatic amines is 1. The molecule has 106 valence electrons. The van der Waals surface area contributed by atoms with Gasteiger partial charge in [-0.15, -0.1) is 0 Å². The Kier molecular flexibility index (Phi) is 3.31. The monoisotopic (exact) mass is 281 g/mol. The van der Waals surface area contributed by atoms with Gasteiger partial charge >= 0.3 is 0 Å². The highest BCUT2D eigenvalue weighted by molar-refractivity contribution is 5.80. The van der Waals surface area contributed by atoms with Crippen molar-refractivity contribution < 1.29 is 4.74 Å². The third kappa shape index (κ3) is 2.45. The van der Waals surface area contributed by atoms with Gasteiger partial charge in [0, 0.05) is 5.69 Å². The SMILES string of the molecule is CCOc1ccc(N)cc1-c1nc2ccccc2c(=O)[nH]1. The number of ether oxygens (including phenoxy) is 1. The summed E-state index contributed by atoms with van der Waals surface area (Å²) in [5.41, 5.74) is 7.56. The average Bonchev–Trinajstić information content (AvgIpc) is 2.49. The molecule has 1 aromatic heterocycles. The number of hydrogen-bond donors (Lipinski definition) is 2. The fourth-order valence-corrected chi connectivity index (χ4v) is 2.23. The van der Waals surface area contributed by atoms with Crippen molar-refractivity contribution in [2.24, 2.45) is 0 Å². The zero-order chi connectivity index (χ0) is 14.8. The van der Waals surface area contributed by atoms with Crippen LogP contribution in [0.2, 0.25) is 0 Å². The lowest BCUT2D eigenvalue weighted by atomic mass is 10.1. The minimum Gasteiger partial charge on any atom is -0.493 e. The first-order valence-electron chi connectivity index (χ1n) is 6.71. The number of nitrogen functional groups attached to an aromatic ring is 1. The second kappa shape index (κ2) is 5.28. The zero-order valence-electron chi connectivity index (χ0n) is 11.6. The summed E-state index contributed by atoms with van der Waals surface area (Å²) in [6.07, 6.45) is 0. The fourth-order valence-electron chi connectivity index (χ4n) is 2.23. The van der Waals surface area contributed by atoms with Crippen LogP contribution < -0.4 is 16.0 Å². The number of nitrogens with two attached hydrogens (primary N) is 1. The Morgan fingerprint density at radius 1 is 1.24 bits per heavy atom. The lowest BCUT2D eigenvalue weighted by Crippen LogP contribution is -2.10. The molecule has 0 atom stereocenters.